The molecule has 0 amide bonds. The first-order valence-corrected chi connectivity index (χ1v) is 6.80. The fraction of sp³-hybridized carbons (Fsp3) is 0.875. The number of rotatable bonds is 6. The van der Waals surface area contributed by atoms with Gasteiger partial charge in [-0.2, -0.15) is 0 Å². The molecule has 0 N–H and O–H groups in total. The van der Waals surface area contributed by atoms with E-state index in [1.165, 1.54) is 0 Å². The molecule has 79 valence electrons. The molecule has 0 aromatic heterocycles. The smallest absolute Gasteiger partial charge is 0.473 e. The van der Waals surface area contributed by atoms with Gasteiger partial charge in [0, 0.05) is 55.7 Å². The van der Waals surface area contributed by atoms with Crippen molar-refractivity contribution < 1.29 is 18.1 Å². The Labute approximate surface area is 109 Å². The summed E-state index contributed by atoms with van der Waals surface area (Å²) in [5.74, 6) is -0.268. The quantitative estimate of drug-likeness (QED) is 0.642. The van der Waals surface area contributed by atoms with E-state index in [4.69, 9.17) is 13.3 Å². The van der Waals surface area contributed by atoms with E-state index >= 15 is 0 Å². The Kier molecular flexibility index (Phi) is 10.8. The molecule has 0 bridgehead atoms. The molecule has 0 fully saturated rings. The van der Waals surface area contributed by atoms with E-state index in [9.17, 15) is 4.79 Å². The van der Waals surface area contributed by atoms with Crippen LogP contribution in [0.4, 0.5) is 0 Å². The van der Waals surface area contributed by atoms with Gasteiger partial charge in [0.1, 0.15) is 0 Å². The number of carbonyl (C=O) groups is 1. The standard InChI is InChI=1S/C8H18O4Si.Na/c1-5-8(9)12-13(4,10-6-2)11-7-3;/h5-7H2,1-4H3;. The SMILES string of the molecule is CCO[Si](C)(OCC)OC(=O)CC.[Na]. The Balaban J connectivity index is 0. The average molecular weight is 229 g/mol. The largest absolute Gasteiger partial charge is 0.564 e. The van der Waals surface area contributed by atoms with Crippen LogP contribution in [0, 0.1) is 0 Å². The summed E-state index contributed by atoms with van der Waals surface area (Å²) in [4.78, 5) is 11.0. The van der Waals surface area contributed by atoms with Gasteiger partial charge in [-0.3, -0.25) is 4.79 Å². The van der Waals surface area contributed by atoms with Gasteiger partial charge in [0.2, 0.25) is 0 Å². The zero-order chi connectivity index (χ0) is 10.3. The molecule has 0 aliphatic rings. The van der Waals surface area contributed by atoms with E-state index in [0.717, 1.165) is 0 Å². The van der Waals surface area contributed by atoms with Crippen molar-refractivity contribution in [2.45, 2.75) is 33.7 Å². The third kappa shape index (κ3) is 6.97. The van der Waals surface area contributed by atoms with Crippen LogP contribution < -0.4 is 0 Å². The van der Waals surface area contributed by atoms with Crippen molar-refractivity contribution in [1.29, 1.82) is 0 Å². The predicted molar refractivity (Wildman–Crippen MR) is 57.0 cm³/mol. The molecule has 0 atom stereocenters. The molecule has 0 aromatic rings. The average Bonchev–Trinajstić information content (AvgIpc) is 2.04. The van der Waals surface area contributed by atoms with E-state index in [1.807, 2.05) is 13.8 Å². The second-order valence-corrected chi connectivity index (χ2v) is 5.06. The van der Waals surface area contributed by atoms with E-state index in [-0.39, 0.29) is 35.5 Å². The first-order chi connectivity index (χ1) is 6.08. The van der Waals surface area contributed by atoms with Crippen LogP contribution in [0.3, 0.4) is 0 Å². The van der Waals surface area contributed by atoms with Gasteiger partial charge in [-0.05, 0) is 13.8 Å². The Morgan fingerprint density at radius 3 is 1.86 bits per heavy atom. The molecule has 0 rings (SSSR count). The van der Waals surface area contributed by atoms with Gasteiger partial charge in [0.05, 0.1) is 0 Å². The van der Waals surface area contributed by atoms with E-state index in [1.54, 1.807) is 13.5 Å². The van der Waals surface area contributed by atoms with Crippen LogP contribution in [0.25, 0.3) is 0 Å². The number of hydrogen-bond donors (Lipinski definition) is 0. The summed E-state index contributed by atoms with van der Waals surface area (Å²) in [5, 5.41) is 0. The van der Waals surface area contributed by atoms with E-state index in [2.05, 4.69) is 0 Å². The van der Waals surface area contributed by atoms with Gasteiger partial charge in [0.15, 0.2) is 0 Å². The first kappa shape index (κ1) is 17.0. The van der Waals surface area contributed by atoms with Gasteiger partial charge in [-0.1, -0.05) is 6.92 Å². The molecule has 4 nitrogen and oxygen atoms in total. The molecule has 0 aliphatic carbocycles. The molecule has 0 unspecified atom stereocenters. The van der Waals surface area contributed by atoms with Crippen molar-refractivity contribution in [3.8, 4) is 0 Å². The Morgan fingerprint density at radius 2 is 1.57 bits per heavy atom. The minimum atomic E-state index is -2.68. The Hall–Kier alpha value is 0.607. The van der Waals surface area contributed by atoms with Gasteiger partial charge >= 0.3 is 8.80 Å². The van der Waals surface area contributed by atoms with Crippen LogP contribution in [-0.2, 0) is 18.1 Å². The minimum absolute atomic E-state index is 0. The van der Waals surface area contributed by atoms with Crippen LogP contribution in [0.1, 0.15) is 27.2 Å². The zero-order valence-corrected chi connectivity index (χ0v) is 12.8. The summed E-state index contributed by atoms with van der Waals surface area (Å²) in [7, 11) is -2.68. The number of hydrogen-bond acceptors (Lipinski definition) is 4. The third-order valence-corrected chi connectivity index (χ3v) is 3.63. The summed E-state index contributed by atoms with van der Waals surface area (Å²) < 4.78 is 15.8. The molecule has 0 spiro atoms. The summed E-state index contributed by atoms with van der Waals surface area (Å²) in [6, 6.07) is 0. The van der Waals surface area contributed by atoms with Crippen LogP contribution in [-0.4, -0.2) is 57.5 Å². The van der Waals surface area contributed by atoms with Crippen molar-refractivity contribution in [3.63, 3.8) is 0 Å². The van der Waals surface area contributed by atoms with E-state index < -0.39 is 8.80 Å². The molecule has 0 heterocycles. The van der Waals surface area contributed by atoms with Crippen molar-refractivity contribution in [2.24, 2.45) is 0 Å². The van der Waals surface area contributed by atoms with Crippen molar-refractivity contribution >= 4 is 44.3 Å². The predicted octanol–water partition coefficient (Wildman–Crippen LogP) is 1.20. The van der Waals surface area contributed by atoms with Crippen LogP contribution in [0.5, 0.6) is 0 Å². The molecule has 1 radical (unpaired) electrons. The van der Waals surface area contributed by atoms with Gasteiger partial charge in [0.25, 0.3) is 5.97 Å². The van der Waals surface area contributed by atoms with E-state index in [0.29, 0.717) is 19.6 Å². The monoisotopic (exact) mass is 229 g/mol. The maximum atomic E-state index is 11.0. The molecular formula is C8H18NaO4Si. The van der Waals surface area contributed by atoms with Gasteiger partial charge in [-0.25, -0.2) is 0 Å². The summed E-state index contributed by atoms with van der Waals surface area (Å²) in [5.41, 5.74) is 0. The fourth-order valence-corrected chi connectivity index (χ4v) is 2.71. The van der Waals surface area contributed by atoms with Crippen LogP contribution in [0.2, 0.25) is 6.55 Å². The Morgan fingerprint density at radius 1 is 1.14 bits per heavy atom. The molecule has 0 aliphatic heterocycles. The van der Waals surface area contributed by atoms with Crippen LogP contribution >= 0.6 is 0 Å². The molecule has 14 heavy (non-hydrogen) atoms. The normalized spacial score (nSPS) is 10.6. The summed E-state index contributed by atoms with van der Waals surface area (Å²) in [6.07, 6.45) is 0.350. The Bertz CT molecular complexity index is 159. The van der Waals surface area contributed by atoms with Crippen molar-refractivity contribution in [3.05, 3.63) is 0 Å². The molecule has 0 saturated carbocycles. The summed E-state index contributed by atoms with van der Waals surface area (Å²) >= 11 is 0. The third-order valence-electron chi connectivity index (χ3n) is 1.40. The van der Waals surface area contributed by atoms with Crippen LogP contribution in [0.15, 0.2) is 0 Å². The topological polar surface area (TPSA) is 44.8 Å². The van der Waals surface area contributed by atoms with Gasteiger partial charge < -0.3 is 13.3 Å². The second kappa shape index (κ2) is 8.88. The van der Waals surface area contributed by atoms with Crippen molar-refractivity contribution in [1.82, 2.24) is 0 Å². The molecular weight excluding hydrogens is 211 g/mol. The second-order valence-electron chi connectivity index (χ2n) is 2.56. The molecule has 6 heteroatoms. The van der Waals surface area contributed by atoms with Gasteiger partial charge in [-0.15, -0.1) is 0 Å². The summed E-state index contributed by atoms with van der Waals surface area (Å²) in [6.45, 7) is 8.18. The zero-order valence-electron chi connectivity index (χ0n) is 9.75. The molecule has 0 aromatic carbocycles. The minimum Gasteiger partial charge on any atom is -0.473 e. The fourth-order valence-electron chi connectivity index (χ4n) is 0.904. The number of carbonyl (C=O) groups excluding carboxylic acids is 1. The maximum absolute atomic E-state index is 11.0. The van der Waals surface area contributed by atoms with Crippen molar-refractivity contribution in [2.75, 3.05) is 13.2 Å². The maximum Gasteiger partial charge on any atom is 0.564 e. The molecule has 0 saturated heterocycles. The first-order valence-electron chi connectivity index (χ1n) is 4.57.